The summed E-state index contributed by atoms with van der Waals surface area (Å²) >= 11 is 0. The maximum absolute atomic E-state index is 9.10. The number of hydrogen-bond donors (Lipinski definition) is 2. The van der Waals surface area contributed by atoms with Gasteiger partial charge in [-0.1, -0.05) is 24.3 Å². The molecule has 0 bridgehead atoms. The zero-order chi connectivity index (χ0) is 21.9. The van der Waals surface area contributed by atoms with Gasteiger partial charge in [-0.15, -0.1) is 0 Å². The van der Waals surface area contributed by atoms with Crippen LogP contribution in [0.1, 0.15) is 11.1 Å². The van der Waals surface area contributed by atoms with E-state index in [1.54, 1.807) is 14.2 Å². The maximum Gasteiger partial charge on any atom is 0.414 e. The largest absolute Gasteiger partial charge is 0.497 e. The Bertz CT molecular complexity index is 764. The third kappa shape index (κ3) is 7.73. The number of carbonyl (C=O) groups is 2. The van der Waals surface area contributed by atoms with Crippen molar-refractivity contribution in [3.05, 3.63) is 59.7 Å². The zero-order valence-corrected chi connectivity index (χ0v) is 17.3. The Labute approximate surface area is 176 Å². The molecule has 1 heterocycles. The van der Waals surface area contributed by atoms with Gasteiger partial charge in [0, 0.05) is 39.3 Å². The predicted octanol–water partition coefficient (Wildman–Crippen LogP) is 2.18. The fourth-order valence-corrected chi connectivity index (χ4v) is 3.16. The van der Waals surface area contributed by atoms with Gasteiger partial charge in [0.25, 0.3) is 0 Å². The van der Waals surface area contributed by atoms with Gasteiger partial charge in [0.2, 0.25) is 0 Å². The van der Waals surface area contributed by atoms with Crippen LogP contribution in [0, 0.1) is 0 Å². The molecule has 1 aliphatic rings. The lowest BCUT2D eigenvalue weighted by atomic mass is 10.1. The summed E-state index contributed by atoms with van der Waals surface area (Å²) in [6.07, 6.45) is 0. The van der Waals surface area contributed by atoms with E-state index < -0.39 is 11.9 Å². The first-order valence-corrected chi connectivity index (χ1v) is 9.58. The minimum absolute atomic E-state index is 0.934. The van der Waals surface area contributed by atoms with Gasteiger partial charge < -0.3 is 19.7 Å². The van der Waals surface area contributed by atoms with Crippen LogP contribution in [0.2, 0.25) is 0 Å². The van der Waals surface area contributed by atoms with E-state index in [0.717, 1.165) is 50.8 Å². The highest BCUT2D eigenvalue weighted by Crippen LogP contribution is 2.17. The van der Waals surface area contributed by atoms with Crippen molar-refractivity contribution in [2.24, 2.45) is 0 Å². The molecule has 0 amide bonds. The van der Waals surface area contributed by atoms with Gasteiger partial charge in [0.05, 0.1) is 14.2 Å². The van der Waals surface area contributed by atoms with Crippen LogP contribution in [-0.4, -0.2) is 72.4 Å². The van der Waals surface area contributed by atoms with E-state index >= 15 is 0 Å². The van der Waals surface area contributed by atoms with E-state index in [4.69, 9.17) is 29.3 Å². The standard InChI is InChI=1S/C20H26N2O2.C2H2O4/c1-23-19-7-3-5-17(13-19)15-21-9-11-22(12-10-21)16-18-6-4-8-20(14-18)24-2;3-1(4)2(5)6/h3-8,13-14H,9-12,15-16H2,1-2H3;(H,3,4)(H,5,6). The summed E-state index contributed by atoms with van der Waals surface area (Å²) in [6.45, 7) is 6.37. The van der Waals surface area contributed by atoms with E-state index in [2.05, 4.69) is 46.2 Å². The summed E-state index contributed by atoms with van der Waals surface area (Å²) in [5.74, 6) is -1.78. The van der Waals surface area contributed by atoms with Crippen molar-refractivity contribution >= 4 is 11.9 Å². The molecule has 30 heavy (non-hydrogen) atoms. The Hall–Kier alpha value is -3.10. The van der Waals surface area contributed by atoms with E-state index in [-0.39, 0.29) is 0 Å². The van der Waals surface area contributed by atoms with Crippen LogP contribution in [0.3, 0.4) is 0 Å². The molecule has 2 aromatic carbocycles. The fourth-order valence-electron chi connectivity index (χ4n) is 3.16. The van der Waals surface area contributed by atoms with E-state index in [1.165, 1.54) is 11.1 Å². The molecule has 2 N–H and O–H groups in total. The highest BCUT2D eigenvalue weighted by molar-refractivity contribution is 6.27. The van der Waals surface area contributed by atoms with Crippen molar-refractivity contribution in [2.45, 2.75) is 13.1 Å². The van der Waals surface area contributed by atoms with Crippen LogP contribution >= 0.6 is 0 Å². The highest BCUT2D eigenvalue weighted by atomic mass is 16.5. The molecule has 1 saturated heterocycles. The topological polar surface area (TPSA) is 99.5 Å². The first-order valence-electron chi connectivity index (χ1n) is 9.58. The first kappa shape index (κ1) is 23.2. The Morgan fingerprint density at radius 1 is 0.767 bits per heavy atom. The van der Waals surface area contributed by atoms with E-state index in [1.807, 2.05) is 12.1 Å². The lowest BCUT2D eigenvalue weighted by Gasteiger charge is -2.34. The van der Waals surface area contributed by atoms with Crippen molar-refractivity contribution in [1.82, 2.24) is 9.80 Å². The molecule has 1 fully saturated rings. The summed E-state index contributed by atoms with van der Waals surface area (Å²) in [5, 5.41) is 14.8. The van der Waals surface area contributed by atoms with E-state index in [9.17, 15) is 0 Å². The molecule has 0 aliphatic carbocycles. The van der Waals surface area contributed by atoms with Crippen LogP contribution in [0.25, 0.3) is 0 Å². The lowest BCUT2D eigenvalue weighted by Crippen LogP contribution is -2.45. The Balaban J connectivity index is 0.000000469. The number of aliphatic carboxylic acids is 2. The SMILES string of the molecule is COc1cccc(CN2CCN(Cc3cccc(OC)c3)CC2)c1.O=C(O)C(=O)O. The van der Waals surface area contributed by atoms with Crippen LogP contribution in [0.15, 0.2) is 48.5 Å². The van der Waals surface area contributed by atoms with Crippen molar-refractivity contribution in [3.8, 4) is 11.5 Å². The zero-order valence-electron chi connectivity index (χ0n) is 17.3. The second kappa shape index (κ2) is 11.8. The van der Waals surface area contributed by atoms with Crippen LogP contribution in [0.5, 0.6) is 11.5 Å². The third-order valence-electron chi connectivity index (χ3n) is 4.73. The van der Waals surface area contributed by atoms with Gasteiger partial charge in [-0.3, -0.25) is 9.80 Å². The summed E-state index contributed by atoms with van der Waals surface area (Å²) in [6, 6.07) is 16.7. The van der Waals surface area contributed by atoms with Gasteiger partial charge in [0.1, 0.15) is 11.5 Å². The number of rotatable bonds is 6. The molecule has 2 aromatic rings. The second-order valence-corrected chi connectivity index (χ2v) is 6.87. The quantitative estimate of drug-likeness (QED) is 0.692. The van der Waals surface area contributed by atoms with Crippen molar-refractivity contribution in [3.63, 3.8) is 0 Å². The minimum atomic E-state index is -1.82. The van der Waals surface area contributed by atoms with Gasteiger partial charge in [-0.2, -0.15) is 0 Å². The van der Waals surface area contributed by atoms with Crippen LogP contribution in [0.4, 0.5) is 0 Å². The summed E-state index contributed by atoms with van der Waals surface area (Å²) in [7, 11) is 3.44. The van der Waals surface area contributed by atoms with Gasteiger partial charge >= 0.3 is 11.9 Å². The number of benzene rings is 2. The molecule has 8 nitrogen and oxygen atoms in total. The van der Waals surface area contributed by atoms with Gasteiger partial charge in [-0.25, -0.2) is 9.59 Å². The molecule has 0 spiro atoms. The average molecular weight is 416 g/mol. The van der Waals surface area contributed by atoms with Gasteiger partial charge in [0.15, 0.2) is 0 Å². The maximum atomic E-state index is 9.10. The van der Waals surface area contributed by atoms with Crippen LogP contribution in [-0.2, 0) is 22.7 Å². The molecule has 0 unspecified atom stereocenters. The monoisotopic (exact) mass is 416 g/mol. The molecule has 1 aliphatic heterocycles. The first-order chi connectivity index (χ1) is 14.4. The van der Waals surface area contributed by atoms with Crippen molar-refractivity contribution in [1.29, 1.82) is 0 Å². The van der Waals surface area contributed by atoms with E-state index in [0.29, 0.717) is 0 Å². The number of ether oxygens (including phenoxy) is 2. The number of nitrogens with zero attached hydrogens (tertiary/aromatic N) is 2. The Morgan fingerprint density at radius 2 is 1.13 bits per heavy atom. The number of carboxylic acids is 2. The summed E-state index contributed by atoms with van der Waals surface area (Å²) in [4.78, 5) is 23.2. The average Bonchev–Trinajstić information content (AvgIpc) is 2.76. The number of methoxy groups -OCH3 is 2. The molecule has 0 aromatic heterocycles. The Morgan fingerprint density at radius 3 is 1.43 bits per heavy atom. The predicted molar refractivity (Wildman–Crippen MR) is 112 cm³/mol. The molecule has 8 heteroatoms. The lowest BCUT2D eigenvalue weighted by molar-refractivity contribution is -0.159. The second-order valence-electron chi connectivity index (χ2n) is 6.87. The van der Waals surface area contributed by atoms with Crippen molar-refractivity contribution < 1.29 is 29.3 Å². The van der Waals surface area contributed by atoms with Gasteiger partial charge in [-0.05, 0) is 35.4 Å². The third-order valence-corrected chi connectivity index (χ3v) is 4.73. The molecule has 162 valence electrons. The fraction of sp³-hybridized carbons (Fsp3) is 0.364. The number of piperazine rings is 1. The molecular formula is C22H28N2O6. The minimum Gasteiger partial charge on any atom is -0.497 e. The normalized spacial score (nSPS) is 14.3. The summed E-state index contributed by atoms with van der Waals surface area (Å²) in [5.41, 5.74) is 2.63. The summed E-state index contributed by atoms with van der Waals surface area (Å²) < 4.78 is 10.6. The number of hydrogen-bond acceptors (Lipinski definition) is 6. The van der Waals surface area contributed by atoms with Crippen LogP contribution < -0.4 is 9.47 Å². The molecule has 0 atom stereocenters. The molecule has 3 rings (SSSR count). The Kier molecular flexibility index (Phi) is 9.11. The highest BCUT2D eigenvalue weighted by Gasteiger charge is 2.17. The molecular weight excluding hydrogens is 388 g/mol. The molecule has 0 radical (unpaired) electrons. The van der Waals surface area contributed by atoms with Crippen molar-refractivity contribution in [2.75, 3.05) is 40.4 Å². The smallest absolute Gasteiger partial charge is 0.414 e. The molecule has 0 saturated carbocycles. The number of carboxylic acid groups (broad SMARTS) is 2.